The molecule has 0 aromatic heterocycles. The maximum atomic E-state index is 3.89. The summed E-state index contributed by atoms with van der Waals surface area (Å²) in [6.07, 6.45) is 10.6. The van der Waals surface area contributed by atoms with Crippen molar-refractivity contribution in [3.63, 3.8) is 0 Å². The fraction of sp³-hybridized carbons (Fsp3) is 0.625. The van der Waals surface area contributed by atoms with E-state index in [1.165, 1.54) is 12.0 Å². The van der Waals surface area contributed by atoms with Crippen molar-refractivity contribution in [3.05, 3.63) is 36.5 Å². The molecular weight excluding hydrogens is 192 g/mol. The number of rotatable bonds is 5. The van der Waals surface area contributed by atoms with E-state index in [1.807, 2.05) is 13.0 Å². The molecule has 0 N–H and O–H groups in total. The zero-order valence-electron chi connectivity index (χ0n) is 11.9. The zero-order valence-corrected chi connectivity index (χ0v) is 11.9. The maximum absolute atomic E-state index is 3.89. The molecule has 0 bridgehead atoms. The van der Waals surface area contributed by atoms with E-state index >= 15 is 0 Å². The molecule has 0 rings (SSSR count). The first kappa shape index (κ1) is 15.2. The highest BCUT2D eigenvalue weighted by atomic mass is 14.3. The van der Waals surface area contributed by atoms with Gasteiger partial charge < -0.3 is 0 Å². The summed E-state index contributed by atoms with van der Waals surface area (Å²) in [5.41, 5.74) is 2.04. The van der Waals surface area contributed by atoms with Crippen molar-refractivity contribution in [2.24, 2.45) is 10.8 Å². The number of allylic oxidation sites excluding steroid dienone is 5. The Morgan fingerprint density at radius 2 is 1.69 bits per heavy atom. The highest BCUT2D eigenvalue weighted by molar-refractivity contribution is 5.23. The minimum Gasteiger partial charge on any atom is -0.0988 e. The largest absolute Gasteiger partial charge is 0.0988 e. The summed E-state index contributed by atoms with van der Waals surface area (Å²) in [5, 5.41) is 0. The molecule has 0 saturated carbocycles. The summed E-state index contributed by atoms with van der Waals surface area (Å²) in [6.45, 7) is 17.5. The summed E-state index contributed by atoms with van der Waals surface area (Å²) in [5.74, 6) is 0. The van der Waals surface area contributed by atoms with Gasteiger partial charge in [-0.2, -0.15) is 0 Å². The predicted molar refractivity (Wildman–Crippen MR) is 75.6 cm³/mol. The van der Waals surface area contributed by atoms with Gasteiger partial charge in [0, 0.05) is 0 Å². The van der Waals surface area contributed by atoms with Gasteiger partial charge in [-0.1, -0.05) is 65.5 Å². The molecule has 92 valence electrons. The maximum Gasteiger partial charge on any atom is -0.0227 e. The Hall–Kier alpha value is -0.780. The van der Waals surface area contributed by atoms with Crippen LogP contribution in [0.2, 0.25) is 0 Å². The van der Waals surface area contributed by atoms with Crippen LogP contribution in [-0.4, -0.2) is 0 Å². The van der Waals surface area contributed by atoms with E-state index in [4.69, 9.17) is 0 Å². The lowest BCUT2D eigenvalue weighted by Crippen LogP contribution is -2.21. The molecule has 0 heterocycles. The summed E-state index contributed by atoms with van der Waals surface area (Å²) >= 11 is 0. The lowest BCUT2D eigenvalue weighted by molar-refractivity contribution is 0.212. The Balaban J connectivity index is 4.61. The quantitative estimate of drug-likeness (QED) is 0.535. The third-order valence-corrected chi connectivity index (χ3v) is 2.46. The summed E-state index contributed by atoms with van der Waals surface area (Å²) in [6, 6.07) is 0. The van der Waals surface area contributed by atoms with E-state index in [1.54, 1.807) is 0 Å². The van der Waals surface area contributed by atoms with Gasteiger partial charge >= 0.3 is 0 Å². The molecule has 0 saturated heterocycles. The number of hydrogen-bond donors (Lipinski definition) is 0. The van der Waals surface area contributed by atoms with Crippen LogP contribution in [0, 0.1) is 10.8 Å². The van der Waals surface area contributed by atoms with Crippen molar-refractivity contribution >= 4 is 0 Å². The van der Waals surface area contributed by atoms with Gasteiger partial charge in [0.2, 0.25) is 0 Å². The summed E-state index contributed by atoms with van der Waals surface area (Å²) in [7, 11) is 0. The van der Waals surface area contributed by atoms with E-state index in [0.29, 0.717) is 10.8 Å². The number of hydrogen-bond acceptors (Lipinski definition) is 0. The molecule has 0 amide bonds. The Morgan fingerprint density at radius 3 is 2.06 bits per heavy atom. The molecule has 0 fully saturated rings. The van der Waals surface area contributed by atoms with Crippen LogP contribution in [0.5, 0.6) is 0 Å². The lowest BCUT2D eigenvalue weighted by Gasteiger charge is -2.32. The van der Waals surface area contributed by atoms with Gasteiger partial charge in [-0.25, -0.2) is 0 Å². The van der Waals surface area contributed by atoms with E-state index in [2.05, 4.69) is 59.4 Å². The molecule has 0 aliphatic rings. The van der Waals surface area contributed by atoms with Crippen molar-refractivity contribution < 1.29 is 0 Å². The third kappa shape index (κ3) is 7.50. The van der Waals surface area contributed by atoms with Gasteiger partial charge in [0.15, 0.2) is 0 Å². The van der Waals surface area contributed by atoms with E-state index in [9.17, 15) is 0 Å². The minimum atomic E-state index is 0.333. The highest BCUT2D eigenvalue weighted by Crippen LogP contribution is 2.37. The highest BCUT2D eigenvalue weighted by Gasteiger charge is 2.25. The smallest absolute Gasteiger partial charge is 0.0227 e. The van der Waals surface area contributed by atoms with Gasteiger partial charge in [0.1, 0.15) is 0 Å². The first-order valence-corrected chi connectivity index (χ1v) is 6.14. The Bertz CT molecular complexity index is 269. The zero-order chi connectivity index (χ0) is 12.8. The van der Waals surface area contributed by atoms with Gasteiger partial charge in [-0.3, -0.25) is 0 Å². The molecule has 0 heteroatoms. The summed E-state index contributed by atoms with van der Waals surface area (Å²) in [4.78, 5) is 0. The normalized spacial score (nSPS) is 14.5. The first-order valence-electron chi connectivity index (χ1n) is 6.14. The van der Waals surface area contributed by atoms with Crippen LogP contribution in [0.1, 0.15) is 54.4 Å². The molecule has 0 atom stereocenters. The minimum absolute atomic E-state index is 0.333. The monoisotopic (exact) mass is 220 g/mol. The lowest BCUT2D eigenvalue weighted by atomic mass is 9.73. The van der Waals surface area contributed by atoms with Crippen molar-refractivity contribution in [2.75, 3.05) is 0 Å². The SMILES string of the molecule is C=C/C(=C\C=C/C)CC(C)(C)CC(C)(C)C. The third-order valence-electron chi connectivity index (χ3n) is 2.46. The van der Waals surface area contributed by atoms with Crippen LogP contribution in [0.3, 0.4) is 0 Å². The molecule has 0 aromatic carbocycles. The first-order chi connectivity index (χ1) is 7.20. The second-order valence-electron chi connectivity index (χ2n) is 6.55. The molecule has 0 radical (unpaired) electrons. The van der Waals surface area contributed by atoms with Crippen LogP contribution < -0.4 is 0 Å². The van der Waals surface area contributed by atoms with Crippen LogP contribution in [0.25, 0.3) is 0 Å². The second-order valence-corrected chi connectivity index (χ2v) is 6.55. The second kappa shape index (κ2) is 6.08. The van der Waals surface area contributed by atoms with Gasteiger partial charge in [0.25, 0.3) is 0 Å². The molecular formula is C16H28. The van der Waals surface area contributed by atoms with E-state index < -0.39 is 0 Å². The predicted octanol–water partition coefficient (Wildman–Crippen LogP) is 5.53. The fourth-order valence-electron chi connectivity index (χ4n) is 2.47. The molecule has 0 spiro atoms. The van der Waals surface area contributed by atoms with Crippen LogP contribution in [0.15, 0.2) is 36.5 Å². The molecule has 0 aromatic rings. The van der Waals surface area contributed by atoms with Gasteiger partial charge in [-0.05, 0) is 36.2 Å². The standard InChI is InChI=1S/C16H28/c1-8-10-11-14(9-2)12-16(6,7)13-15(3,4)5/h8-11H,2,12-13H2,1,3-7H3/b10-8-,14-11+. The molecule has 0 aliphatic heterocycles. The van der Waals surface area contributed by atoms with Crippen LogP contribution in [0.4, 0.5) is 0 Å². The molecule has 0 nitrogen and oxygen atoms in total. The van der Waals surface area contributed by atoms with Crippen molar-refractivity contribution in [2.45, 2.75) is 54.4 Å². The summed E-state index contributed by atoms with van der Waals surface area (Å²) < 4.78 is 0. The van der Waals surface area contributed by atoms with Crippen LogP contribution in [-0.2, 0) is 0 Å². The Kier molecular flexibility index (Phi) is 5.78. The van der Waals surface area contributed by atoms with Crippen LogP contribution >= 0.6 is 0 Å². The van der Waals surface area contributed by atoms with E-state index in [-0.39, 0.29) is 0 Å². The molecule has 16 heavy (non-hydrogen) atoms. The van der Waals surface area contributed by atoms with Crippen molar-refractivity contribution in [3.8, 4) is 0 Å². The van der Waals surface area contributed by atoms with Gasteiger partial charge in [-0.15, -0.1) is 0 Å². The topological polar surface area (TPSA) is 0 Å². The molecule has 0 unspecified atom stereocenters. The van der Waals surface area contributed by atoms with Crippen molar-refractivity contribution in [1.29, 1.82) is 0 Å². The van der Waals surface area contributed by atoms with Gasteiger partial charge in [0.05, 0.1) is 0 Å². The fourth-order valence-corrected chi connectivity index (χ4v) is 2.47. The Labute approximate surface area is 102 Å². The average molecular weight is 220 g/mol. The van der Waals surface area contributed by atoms with E-state index in [0.717, 1.165) is 6.42 Å². The molecule has 0 aliphatic carbocycles. The average Bonchev–Trinajstić information content (AvgIpc) is 2.07. The Morgan fingerprint density at radius 1 is 1.12 bits per heavy atom. The van der Waals surface area contributed by atoms with Crippen molar-refractivity contribution in [1.82, 2.24) is 0 Å².